The SMILES string of the molecule is CN1CCC(C(=O)N(C)c2ccccc2)C1. The van der Waals surface area contributed by atoms with Gasteiger partial charge < -0.3 is 9.80 Å². The minimum Gasteiger partial charge on any atom is -0.315 e. The van der Waals surface area contributed by atoms with Crippen LogP contribution in [-0.2, 0) is 4.79 Å². The summed E-state index contributed by atoms with van der Waals surface area (Å²) >= 11 is 0. The van der Waals surface area contributed by atoms with Crippen molar-refractivity contribution in [2.24, 2.45) is 5.92 Å². The smallest absolute Gasteiger partial charge is 0.231 e. The number of benzene rings is 1. The van der Waals surface area contributed by atoms with Gasteiger partial charge in [-0.1, -0.05) is 18.2 Å². The first-order chi connectivity index (χ1) is 7.68. The molecule has 1 unspecified atom stereocenters. The van der Waals surface area contributed by atoms with Crippen molar-refractivity contribution >= 4 is 11.6 Å². The lowest BCUT2D eigenvalue weighted by Crippen LogP contribution is -2.34. The zero-order chi connectivity index (χ0) is 11.5. The van der Waals surface area contributed by atoms with Crippen LogP contribution in [0.5, 0.6) is 0 Å². The number of likely N-dealkylation sites (tertiary alicyclic amines) is 1. The quantitative estimate of drug-likeness (QED) is 0.753. The highest BCUT2D eigenvalue weighted by atomic mass is 16.2. The van der Waals surface area contributed by atoms with Crippen molar-refractivity contribution in [2.45, 2.75) is 6.42 Å². The van der Waals surface area contributed by atoms with Gasteiger partial charge in [0.05, 0.1) is 5.92 Å². The van der Waals surface area contributed by atoms with E-state index in [0.29, 0.717) is 0 Å². The second-order valence-corrected chi connectivity index (χ2v) is 4.48. The molecular formula is C13H18N2O. The largest absolute Gasteiger partial charge is 0.315 e. The van der Waals surface area contributed by atoms with Crippen LogP contribution in [0.25, 0.3) is 0 Å². The van der Waals surface area contributed by atoms with Crippen molar-refractivity contribution in [2.75, 3.05) is 32.1 Å². The van der Waals surface area contributed by atoms with Crippen LogP contribution < -0.4 is 4.90 Å². The van der Waals surface area contributed by atoms with Crippen LogP contribution in [0.3, 0.4) is 0 Å². The van der Waals surface area contributed by atoms with Gasteiger partial charge in [-0.15, -0.1) is 0 Å². The maximum atomic E-state index is 12.2. The molecule has 86 valence electrons. The average Bonchev–Trinajstić information content (AvgIpc) is 2.75. The Morgan fingerprint density at radius 3 is 2.62 bits per heavy atom. The van der Waals surface area contributed by atoms with Crippen LogP contribution in [0.15, 0.2) is 30.3 Å². The summed E-state index contributed by atoms with van der Waals surface area (Å²) in [4.78, 5) is 16.2. The predicted octanol–water partition coefficient (Wildman–Crippen LogP) is 1.60. The highest BCUT2D eigenvalue weighted by Crippen LogP contribution is 2.20. The number of anilines is 1. The van der Waals surface area contributed by atoms with Gasteiger partial charge in [0.2, 0.25) is 5.91 Å². The molecule has 1 saturated heterocycles. The van der Waals surface area contributed by atoms with Gasteiger partial charge >= 0.3 is 0 Å². The molecular weight excluding hydrogens is 200 g/mol. The summed E-state index contributed by atoms with van der Waals surface area (Å²) in [6, 6.07) is 9.82. The van der Waals surface area contributed by atoms with Gasteiger partial charge in [0.25, 0.3) is 0 Å². The Kier molecular flexibility index (Phi) is 3.25. The second-order valence-electron chi connectivity index (χ2n) is 4.48. The molecule has 2 rings (SSSR count). The molecule has 0 N–H and O–H groups in total. The van der Waals surface area contributed by atoms with E-state index in [4.69, 9.17) is 0 Å². The summed E-state index contributed by atoms with van der Waals surface area (Å²) in [6.07, 6.45) is 0.979. The van der Waals surface area contributed by atoms with E-state index in [-0.39, 0.29) is 11.8 Å². The van der Waals surface area contributed by atoms with Crippen molar-refractivity contribution in [1.29, 1.82) is 0 Å². The molecule has 0 aliphatic carbocycles. The predicted molar refractivity (Wildman–Crippen MR) is 65.5 cm³/mol. The van der Waals surface area contributed by atoms with E-state index in [1.165, 1.54) is 0 Å². The molecule has 1 atom stereocenters. The Morgan fingerprint density at radius 1 is 1.38 bits per heavy atom. The first-order valence-electron chi connectivity index (χ1n) is 5.69. The number of hydrogen-bond donors (Lipinski definition) is 0. The van der Waals surface area contributed by atoms with E-state index in [1.54, 1.807) is 4.90 Å². The number of carbonyl (C=O) groups is 1. The number of hydrogen-bond acceptors (Lipinski definition) is 2. The Balaban J connectivity index is 2.05. The van der Waals surface area contributed by atoms with Gasteiger partial charge in [-0.2, -0.15) is 0 Å². The van der Waals surface area contributed by atoms with Gasteiger partial charge in [-0.25, -0.2) is 0 Å². The molecule has 0 bridgehead atoms. The monoisotopic (exact) mass is 218 g/mol. The lowest BCUT2D eigenvalue weighted by atomic mass is 10.1. The van der Waals surface area contributed by atoms with Crippen LogP contribution in [0.4, 0.5) is 5.69 Å². The molecule has 3 heteroatoms. The van der Waals surface area contributed by atoms with Gasteiger partial charge in [0.1, 0.15) is 0 Å². The zero-order valence-electron chi connectivity index (χ0n) is 9.89. The summed E-state index contributed by atoms with van der Waals surface area (Å²) in [7, 11) is 3.92. The molecule has 3 nitrogen and oxygen atoms in total. The Hall–Kier alpha value is -1.35. The molecule has 1 aromatic carbocycles. The van der Waals surface area contributed by atoms with Gasteiger partial charge in [-0.3, -0.25) is 4.79 Å². The number of nitrogens with zero attached hydrogens (tertiary/aromatic N) is 2. The molecule has 1 aliphatic rings. The minimum atomic E-state index is 0.162. The van der Waals surface area contributed by atoms with Crippen LogP contribution in [0.2, 0.25) is 0 Å². The third-order valence-corrected chi connectivity index (χ3v) is 3.21. The van der Waals surface area contributed by atoms with Crippen molar-refractivity contribution in [1.82, 2.24) is 4.90 Å². The fourth-order valence-corrected chi connectivity index (χ4v) is 2.19. The zero-order valence-corrected chi connectivity index (χ0v) is 9.89. The van der Waals surface area contributed by atoms with E-state index >= 15 is 0 Å². The Labute approximate surface area is 96.7 Å². The molecule has 1 amide bonds. The van der Waals surface area contributed by atoms with E-state index in [2.05, 4.69) is 11.9 Å². The first kappa shape index (κ1) is 11.1. The summed E-state index contributed by atoms with van der Waals surface area (Å²) in [6.45, 7) is 1.91. The van der Waals surface area contributed by atoms with E-state index < -0.39 is 0 Å². The van der Waals surface area contributed by atoms with Crippen molar-refractivity contribution < 1.29 is 4.79 Å². The standard InChI is InChI=1S/C13H18N2O/c1-14-9-8-11(10-14)13(16)15(2)12-6-4-3-5-7-12/h3-7,11H,8-10H2,1-2H3. The minimum absolute atomic E-state index is 0.162. The van der Waals surface area contributed by atoms with Crippen LogP contribution in [0, 0.1) is 5.92 Å². The molecule has 1 aromatic rings. The molecule has 16 heavy (non-hydrogen) atoms. The molecule has 1 heterocycles. The van der Waals surface area contributed by atoms with E-state index in [0.717, 1.165) is 25.2 Å². The summed E-state index contributed by atoms with van der Waals surface area (Å²) in [5, 5.41) is 0. The van der Waals surface area contributed by atoms with Gasteiger partial charge in [0.15, 0.2) is 0 Å². The normalized spacial score (nSPS) is 21.0. The molecule has 0 saturated carbocycles. The van der Waals surface area contributed by atoms with Gasteiger partial charge in [-0.05, 0) is 32.1 Å². The summed E-state index contributed by atoms with van der Waals surface area (Å²) in [5.41, 5.74) is 0.974. The Bertz CT molecular complexity index is 363. The lowest BCUT2D eigenvalue weighted by Gasteiger charge is -2.21. The fourth-order valence-electron chi connectivity index (χ4n) is 2.19. The van der Waals surface area contributed by atoms with Crippen LogP contribution in [-0.4, -0.2) is 38.0 Å². The maximum Gasteiger partial charge on any atom is 0.231 e. The molecule has 0 aromatic heterocycles. The lowest BCUT2D eigenvalue weighted by molar-refractivity contribution is -0.121. The second kappa shape index (κ2) is 4.66. The molecule has 0 radical (unpaired) electrons. The van der Waals surface area contributed by atoms with Crippen molar-refractivity contribution in [3.8, 4) is 0 Å². The highest BCUT2D eigenvalue weighted by Gasteiger charge is 2.28. The molecule has 1 aliphatic heterocycles. The third-order valence-electron chi connectivity index (χ3n) is 3.21. The van der Waals surface area contributed by atoms with Gasteiger partial charge in [0, 0.05) is 19.3 Å². The highest BCUT2D eigenvalue weighted by molar-refractivity contribution is 5.94. The number of amides is 1. The fraction of sp³-hybridized carbons (Fsp3) is 0.462. The first-order valence-corrected chi connectivity index (χ1v) is 5.69. The topological polar surface area (TPSA) is 23.6 Å². The molecule has 1 fully saturated rings. The van der Waals surface area contributed by atoms with Crippen LogP contribution in [0.1, 0.15) is 6.42 Å². The van der Waals surface area contributed by atoms with E-state index in [1.807, 2.05) is 37.4 Å². The average molecular weight is 218 g/mol. The van der Waals surface area contributed by atoms with Crippen LogP contribution >= 0.6 is 0 Å². The maximum absolute atomic E-state index is 12.2. The van der Waals surface area contributed by atoms with Crippen molar-refractivity contribution in [3.63, 3.8) is 0 Å². The Morgan fingerprint density at radius 2 is 2.06 bits per heavy atom. The summed E-state index contributed by atoms with van der Waals surface area (Å²) < 4.78 is 0. The third kappa shape index (κ3) is 2.25. The summed E-state index contributed by atoms with van der Waals surface area (Å²) in [5.74, 6) is 0.394. The number of rotatable bonds is 2. The number of para-hydroxylation sites is 1. The molecule has 0 spiro atoms. The van der Waals surface area contributed by atoms with E-state index in [9.17, 15) is 4.79 Å². The van der Waals surface area contributed by atoms with Crippen molar-refractivity contribution in [3.05, 3.63) is 30.3 Å². The number of carbonyl (C=O) groups excluding carboxylic acids is 1.